The minimum Gasteiger partial charge on any atom is -0.493 e. The normalized spacial score (nSPS) is 11.9. The molecule has 206 valence electrons. The number of benzene rings is 3. The van der Waals surface area contributed by atoms with Crippen LogP contribution in [0.5, 0.6) is 11.5 Å². The van der Waals surface area contributed by atoms with Gasteiger partial charge in [0.05, 0.1) is 20.6 Å². The highest BCUT2D eigenvalue weighted by atomic mass is 32.1. The Morgan fingerprint density at radius 2 is 1.68 bits per heavy atom. The lowest BCUT2D eigenvalue weighted by Gasteiger charge is -2.15. The minimum atomic E-state index is -0.843. The second-order valence-corrected chi connectivity index (χ2v) is 9.45. The number of ether oxygens (including phenoxy) is 2. The number of nitrogens with two attached hydrogens (primary N) is 1. The molecule has 2 amide bonds. The van der Waals surface area contributed by atoms with Gasteiger partial charge >= 0.3 is 0 Å². The number of nitrogens with one attached hydrogen (secondary N) is 2. The van der Waals surface area contributed by atoms with Crippen molar-refractivity contribution in [3.63, 3.8) is 0 Å². The molecule has 3 aromatic carbocycles. The number of hydrogen-bond donors (Lipinski definition) is 3. The summed E-state index contributed by atoms with van der Waals surface area (Å²) in [5, 5.41) is 11.5. The highest BCUT2D eigenvalue weighted by Crippen LogP contribution is 2.27. The number of methoxy groups -OCH3 is 2. The largest absolute Gasteiger partial charge is 0.493 e. The molecule has 0 aliphatic heterocycles. The number of aromatic nitrogens is 2. The Bertz CT molecular complexity index is 1440. The van der Waals surface area contributed by atoms with E-state index in [-0.39, 0.29) is 24.2 Å². The van der Waals surface area contributed by atoms with Crippen LogP contribution < -0.4 is 25.8 Å². The topological polar surface area (TPSA) is 141 Å². The first-order valence-corrected chi connectivity index (χ1v) is 13.3. The molecule has 0 fully saturated rings. The summed E-state index contributed by atoms with van der Waals surface area (Å²) in [6.07, 6.45) is 0.355. The molecule has 1 unspecified atom stereocenters. The zero-order valence-electron chi connectivity index (χ0n) is 22.2. The third-order valence-electron chi connectivity index (χ3n) is 6.03. The Morgan fingerprint density at radius 1 is 0.950 bits per heavy atom. The van der Waals surface area contributed by atoms with E-state index >= 15 is 0 Å². The highest BCUT2D eigenvalue weighted by molar-refractivity contribution is 7.03. The summed E-state index contributed by atoms with van der Waals surface area (Å²) in [5.41, 5.74) is 10.4. The number of carbonyl (C=O) groups is 2. The SMILES string of the molecule is COc1ccc(CC(=O)NC(N)=NC(Cc2ccccc2)C(=O)NCc2ccc(-c3csnn3)cc2)cc1OC. The number of nitrogens with zero attached hydrogens (tertiary/aromatic N) is 3. The Kier molecular flexibility index (Phi) is 9.78. The molecule has 0 aliphatic carbocycles. The van der Waals surface area contributed by atoms with Gasteiger partial charge in [0, 0.05) is 23.9 Å². The fraction of sp³-hybridized carbons (Fsp3) is 0.207. The van der Waals surface area contributed by atoms with E-state index in [1.54, 1.807) is 25.3 Å². The number of amides is 2. The Morgan fingerprint density at radius 3 is 2.35 bits per heavy atom. The Labute approximate surface area is 236 Å². The van der Waals surface area contributed by atoms with Gasteiger partial charge in [-0.2, -0.15) is 0 Å². The van der Waals surface area contributed by atoms with Crippen molar-refractivity contribution in [2.45, 2.75) is 25.4 Å². The molecule has 4 rings (SSSR count). The van der Waals surface area contributed by atoms with Crippen LogP contribution in [0.4, 0.5) is 0 Å². The molecule has 0 bridgehead atoms. The lowest BCUT2D eigenvalue weighted by molar-refractivity contribution is -0.122. The van der Waals surface area contributed by atoms with Gasteiger partial charge < -0.3 is 20.5 Å². The first kappa shape index (κ1) is 28.2. The first-order chi connectivity index (χ1) is 19.4. The van der Waals surface area contributed by atoms with Crippen molar-refractivity contribution in [2.24, 2.45) is 10.7 Å². The minimum absolute atomic E-state index is 0.0408. The predicted octanol–water partition coefficient (Wildman–Crippen LogP) is 3.12. The van der Waals surface area contributed by atoms with Crippen LogP contribution in [0.1, 0.15) is 16.7 Å². The van der Waals surface area contributed by atoms with Gasteiger partial charge in [-0.15, -0.1) is 5.10 Å². The highest BCUT2D eigenvalue weighted by Gasteiger charge is 2.19. The fourth-order valence-corrected chi connectivity index (χ4v) is 4.45. The van der Waals surface area contributed by atoms with Crippen LogP contribution in [-0.4, -0.2) is 47.6 Å². The van der Waals surface area contributed by atoms with Crippen molar-refractivity contribution in [3.8, 4) is 22.8 Å². The van der Waals surface area contributed by atoms with Gasteiger partial charge in [-0.05, 0) is 40.4 Å². The lowest BCUT2D eigenvalue weighted by Crippen LogP contribution is -2.42. The molecular formula is C29H30N6O4S. The molecule has 1 atom stereocenters. The van der Waals surface area contributed by atoms with Crippen LogP contribution in [-0.2, 0) is 29.0 Å². The van der Waals surface area contributed by atoms with Crippen LogP contribution >= 0.6 is 11.5 Å². The van der Waals surface area contributed by atoms with E-state index in [9.17, 15) is 9.59 Å². The molecule has 0 saturated carbocycles. The summed E-state index contributed by atoms with van der Waals surface area (Å²) in [7, 11) is 3.07. The molecule has 0 radical (unpaired) electrons. The maximum atomic E-state index is 13.2. The number of guanidine groups is 1. The smallest absolute Gasteiger partial charge is 0.245 e. The monoisotopic (exact) mass is 558 g/mol. The number of carbonyl (C=O) groups excluding carboxylic acids is 2. The van der Waals surface area contributed by atoms with Crippen LogP contribution in [0.25, 0.3) is 11.3 Å². The maximum Gasteiger partial charge on any atom is 0.245 e. The molecule has 1 aromatic heterocycles. The van der Waals surface area contributed by atoms with E-state index in [0.717, 1.165) is 22.4 Å². The molecule has 10 nitrogen and oxygen atoms in total. The number of rotatable bonds is 11. The second-order valence-electron chi connectivity index (χ2n) is 8.84. The molecule has 4 aromatic rings. The van der Waals surface area contributed by atoms with Crippen LogP contribution in [0.2, 0.25) is 0 Å². The van der Waals surface area contributed by atoms with E-state index in [1.807, 2.05) is 60.0 Å². The van der Waals surface area contributed by atoms with Crippen LogP contribution in [0.3, 0.4) is 0 Å². The van der Waals surface area contributed by atoms with E-state index in [2.05, 4.69) is 25.2 Å². The lowest BCUT2D eigenvalue weighted by atomic mass is 10.1. The van der Waals surface area contributed by atoms with Gasteiger partial charge in [-0.1, -0.05) is 65.2 Å². The zero-order valence-corrected chi connectivity index (χ0v) is 23.0. The Balaban J connectivity index is 1.41. The van der Waals surface area contributed by atoms with Crippen molar-refractivity contribution >= 4 is 29.3 Å². The molecule has 4 N–H and O–H groups in total. The molecular weight excluding hydrogens is 528 g/mol. The molecule has 0 aliphatic rings. The number of aliphatic imine (C=N–C) groups is 1. The maximum absolute atomic E-state index is 13.2. The first-order valence-electron chi connectivity index (χ1n) is 12.5. The summed E-state index contributed by atoms with van der Waals surface area (Å²) in [4.78, 5) is 30.2. The molecule has 11 heteroatoms. The van der Waals surface area contributed by atoms with E-state index in [1.165, 1.54) is 18.6 Å². The van der Waals surface area contributed by atoms with Crippen LogP contribution in [0.15, 0.2) is 83.2 Å². The third-order valence-corrected chi connectivity index (χ3v) is 6.53. The zero-order chi connectivity index (χ0) is 28.3. The van der Waals surface area contributed by atoms with Crippen molar-refractivity contribution < 1.29 is 19.1 Å². The van der Waals surface area contributed by atoms with Gasteiger partial charge in [0.2, 0.25) is 11.8 Å². The predicted molar refractivity (Wildman–Crippen MR) is 154 cm³/mol. The summed E-state index contributed by atoms with van der Waals surface area (Å²) < 4.78 is 14.4. The van der Waals surface area contributed by atoms with Crippen LogP contribution in [0, 0.1) is 0 Å². The van der Waals surface area contributed by atoms with Crippen molar-refractivity contribution in [2.75, 3.05) is 14.2 Å². The van der Waals surface area contributed by atoms with Gasteiger partial charge in [0.25, 0.3) is 0 Å². The summed E-state index contributed by atoms with van der Waals surface area (Å²) in [6, 6.07) is 21.6. The van der Waals surface area contributed by atoms with Crippen molar-refractivity contribution in [1.29, 1.82) is 0 Å². The van der Waals surface area contributed by atoms with E-state index < -0.39 is 6.04 Å². The summed E-state index contributed by atoms with van der Waals surface area (Å²) in [6.45, 7) is 0.306. The summed E-state index contributed by atoms with van der Waals surface area (Å²) >= 11 is 1.29. The Hall–Kier alpha value is -4.77. The van der Waals surface area contributed by atoms with Gasteiger partial charge in [0.15, 0.2) is 17.5 Å². The van der Waals surface area contributed by atoms with Crippen molar-refractivity contribution in [3.05, 3.63) is 94.9 Å². The van der Waals surface area contributed by atoms with Gasteiger partial charge in [0.1, 0.15) is 11.7 Å². The summed E-state index contributed by atoms with van der Waals surface area (Å²) in [5.74, 6) is 0.262. The molecule has 1 heterocycles. The van der Waals surface area contributed by atoms with Gasteiger partial charge in [-0.25, -0.2) is 4.99 Å². The van der Waals surface area contributed by atoms with Gasteiger partial charge in [-0.3, -0.25) is 14.9 Å². The third kappa shape index (κ3) is 7.87. The average molecular weight is 559 g/mol. The fourth-order valence-electron chi connectivity index (χ4n) is 3.99. The number of hydrogen-bond acceptors (Lipinski definition) is 8. The molecule has 0 saturated heterocycles. The molecule has 40 heavy (non-hydrogen) atoms. The quantitative estimate of drug-likeness (QED) is 0.190. The standard InChI is InChI=1S/C29H30N6O4S/c1-38-25-13-10-21(15-26(25)39-2)16-27(36)33-29(30)32-23(14-19-6-4-3-5-7-19)28(37)31-17-20-8-11-22(12-9-20)24-18-40-35-34-24/h3-13,15,18,23H,14,16-17H2,1-2H3,(H,31,37)(H3,30,32,33,36). The van der Waals surface area contributed by atoms with Crippen molar-refractivity contribution in [1.82, 2.24) is 20.2 Å². The van der Waals surface area contributed by atoms with E-state index in [0.29, 0.717) is 30.0 Å². The molecule has 0 spiro atoms. The average Bonchev–Trinajstić information content (AvgIpc) is 3.51. The van der Waals surface area contributed by atoms with E-state index in [4.69, 9.17) is 15.2 Å². The second kappa shape index (κ2) is 13.9.